The van der Waals surface area contributed by atoms with Crippen molar-refractivity contribution in [2.75, 3.05) is 6.61 Å². The number of hydrogen-bond acceptors (Lipinski definition) is 3. The molecular weight excluding hydrogens is 384 g/mol. The molecule has 1 aromatic carbocycles. The van der Waals surface area contributed by atoms with Crippen molar-refractivity contribution in [3.05, 3.63) is 34.9 Å². The summed E-state index contributed by atoms with van der Waals surface area (Å²) < 4.78 is 5.54. The van der Waals surface area contributed by atoms with Crippen molar-refractivity contribution < 1.29 is 14.6 Å². The second kappa shape index (κ2) is 10.5. The van der Waals surface area contributed by atoms with Gasteiger partial charge in [0.25, 0.3) is 0 Å². The van der Waals surface area contributed by atoms with E-state index in [4.69, 9.17) is 4.74 Å². The summed E-state index contributed by atoms with van der Waals surface area (Å²) in [5.74, 6) is 1.11. The van der Waals surface area contributed by atoms with Crippen molar-refractivity contribution in [2.45, 2.75) is 116 Å². The molecule has 3 rings (SSSR count). The van der Waals surface area contributed by atoms with E-state index in [0.29, 0.717) is 12.3 Å². The van der Waals surface area contributed by atoms with Gasteiger partial charge in [0.15, 0.2) is 0 Å². The van der Waals surface area contributed by atoms with Gasteiger partial charge in [0.05, 0.1) is 6.42 Å². The zero-order valence-corrected chi connectivity index (χ0v) is 20.3. The first-order chi connectivity index (χ1) is 14.7. The van der Waals surface area contributed by atoms with Gasteiger partial charge in [-0.15, -0.1) is 0 Å². The normalized spacial score (nSPS) is 26.0. The van der Waals surface area contributed by atoms with Gasteiger partial charge in [-0.1, -0.05) is 57.2 Å². The molecule has 0 heterocycles. The Morgan fingerprint density at radius 3 is 2.68 bits per heavy atom. The molecule has 1 fully saturated rings. The molecule has 0 aliphatic heterocycles. The summed E-state index contributed by atoms with van der Waals surface area (Å²) in [5, 5.41) is 10.1. The van der Waals surface area contributed by atoms with Crippen molar-refractivity contribution >= 4 is 5.97 Å². The Bertz CT molecular complexity index is 732. The first kappa shape index (κ1) is 24.3. The standard InChI is InChI=1S/C28H44O3/c1-5-6-7-8-9-21-10-11-23-17-24(13-12-22(23)16-21)25-14-15-28(18-25,20-29)19-26(30)31-27(2,3)4/h12-13,17,21,25,29H,5-11,14-16,18-20H2,1-4H3/t21-,25+,28+/m1/s1. The van der Waals surface area contributed by atoms with Crippen LogP contribution in [0, 0.1) is 11.3 Å². The van der Waals surface area contributed by atoms with E-state index in [2.05, 4.69) is 25.1 Å². The molecule has 3 atom stereocenters. The second-order valence-electron chi connectivity index (χ2n) is 11.3. The van der Waals surface area contributed by atoms with E-state index in [-0.39, 0.29) is 18.0 Å². The average Bonchev–Trinajstić information content (AvgIpc) is 3.13. The van der Waals surface area contributed by atoms with E-state index >= 15 is 0 Å². The fourth-order valence-corrected chi connectivity index (χ4v) is 5.75. The molecule has 0 radical (unpaired) electrons. The highest BCUT2D eigenvalue weighted by Crippen LogP contribution is 2.49. The smallest absolute Gasteiger partial charge is 0.306 e. The molecule has 1 aromatic rings. The van der Waals surface area contributed by atoms with E-state index in [9.17, 15) is 9.90 Å². The highest BCUT2D eigenvalue weighted by atomic mass is 16.6. The maximum Gasteiger partial charge on any atom is 0.306 e. The van der Waals surface area contributed by atoms with Crippen LogP contribution in [0.4, 0.5) is 0 Å². The minimum atomic E-state index is -0.474. The zero-order valence-electron chi connectivity index (χ0n) is 20.3. The third-order valence-corrected chi connectivity index (χ3v) is 7.48. The Balaban J connectivity index is 1.59. The van der Waals surface area contributed by atoms with E-state index < -0.39 is 5.60 Å². The van der Waals surface area contributed by atoms with Gasteiger partial charge in [0.2, 0.25) is 0 Å². The third kappa shape index (κ3) is 6.81. The highest BCUT2D eigenvalue weighted by molar-refractivity contribution is 5.71. The third-order valence-electron chi connectivity index (χ3n) is 7.48. The summed E-state index contributed by atoms with van der Waals surface area (Å²) >= 11 is 0. The van der Waals surface area contributed by atoms with E-state index in [1.165, 1.54) is 62.5 Å². The number of rotatable bonds is 9. The van der Waals surface area contributed by atoms with Gasteiger partial charge in [-0.3, -0.25) is 4.79 Å². The lowest BCUT2D eigenvalue weighted by Gasteiger charge is -2.29. The average molecular weight is 429 g/mol. The highest BCUT2D eigenvalue weighted by Gasteiger charge is 2.42. The number of ether oxygens (including phenoxy) is 1. The number of esters is 1. The lowest BCUT2D eigenvalue weighted by molar-refractivity contribution is -0.158. The van der Waals surface area contributed by atoms with Crippen LogP contribution in [-0.4, -0.2) is 23.3 Å². The molecule has 0 spiro atoms. The predicted molar refractivity (Wildman–Crippen MR) is 127 cm³/mol. The van der Waals surface area contributed by atoms with Crippen LogP contribution in [0.2, 0.25) is 0 Å². The minimum Gasteiger partial charge on any atom is -0.460 e. The summed E-state index contributed by atoms with van der Waals surface area (Å²) in [6, 6.07) is 7.13. The van der Waals surface area contributed by atoms with Crippen LogP contribution in [0.25, 0.3) is 0 Å². The molecule has 3 heteroatoms. The predicted octanol–water partition coefficient (Wildman–Crippen LogP) is 6.74. The maximum absolute atomic E-state index is 12.4. The van der Waals surface area contributed by atoms with Crippen LogP contribution in [-0.2, 0) is 22.4 Å². The van der Waals surface area contributed by atoms with E-state index in [1.807, 2.05) is 20.8 Å². The number of fused-ring (bicyclic) bond motifs is 1. The fraction of sp³-hybridized carbons (Fsp3) is 0.750. The molecule has 2 aliphatic rings. The second-order valence-corrected chi connectivity index (χ2v) is 11.3. The van der Waals surface area contributed by atoms with Gasteiger partial charge < -0.3 is 9.84 Å². The number of hydrogen-bond donors (Lipinski definition) is 1. The van der Waals surface area contributed by atoms with Crippen molar-refractivity contribution in [3.8, 4) is 0 Å². The van der Waals surface area contributed by atoms with E-state index in [0.717, 1.165) is 25.2 Å². The lowest BCUT2D eigenvalue weighted by atomic mass is 9.78. The number of unbranched alkanes of at least 4 members (excludes halogenated alkanes) is 3. The summed E-state index contributed by atoms with van der Waals surface area (Å²) in [4.78, 5) is 12.4. The molecule has 0 saturated heterocycles. The van der Waals surface area contributed by atoms with Crippen LogP contribution in [0.15, 0.2) is 18.2 Å². The summed E-state index contributed by atoms with van der Waals surface area (Å²) in [6.07, 6.45) is 13.7. The van der Waals surface area contributed by atoms with Gasteiger partial charge in [-0.25, -0.2) is 0 Å². The molecule has 31 heavy (non-hydrogen) atoms. The Morgan fingerprint density at radius 1 is 1.16 bits per heavy atom. The Morgan fingerprint density at radius 2 is 1.97 bits per heavy atom. The molecule has 2 aliphatic carbocycles. The molecular formula is C28H44O3. The van der Waals surface area contributed by atoms with Gasteiger partial charge in [-0.05, 0) is 87.8 Å². The summed E-state index contributed by atoms with van der Waals surface area (Å²) in [6.45, 7) is 8.04. The monoisotopic (exact) mass is 428 g/mol. The SMILES string of the molecule is CCCCCC[C@@H]1CCc2cc([C@H]3CC[C@@](CO)(CC(=O)OC(C)(C)C)C3)ccc2C1. The summed E-state index contributed by atoms with van der Waals surface area (Å²) in [5.41, 5.74) is 3.69. The molecule has 174 valence electrons. The number of aryl methyl sites for hydroxylation is 1. The van der Waals surface area contributed by atoms with Gasteiger partial charge in [0, 0.05) is 12.0 Å². The molecule has 1 saturated carbocycles. The van der Waals surface area contributed by atoms with Crippen LogP contribution < -0.4 is 0 Å². The van der Waals surface area contributed by atoms with Gasteiger partial charge in [-0.2, -0.15) is 0 Å². The van der Waals surface area contributed by atoms with Crippen molar-refractivity contribution in [1.29, 1.82) is 0 Å². The molecule has 0 aromatic heterocycles. The molecule has 0 unspecified atom stereocenters. The first-order valence-electron chi connectivity index (χ1n) is 12.7. The number of carbonyl (C=O) groups is 1. The topological polar surface area (TPSA) is 46.5 Å². The van der Waals surface area contributed by atoms with Crippen LogP contribution >= 0.6 is 0 Å². The molecule has 0 bridgehead atoms. The lowest BCUT2D eigenvalue weighted by Crippen LogP contribution is -2.31. The zero-order chi connectivity index (χ0) is 22.5. The van der Waals surface area contributed by atoms with Gasteiger partial charge in [0.1, 0.15) is 5.60 Å². The van der Waals surface area contributed by atoms with Crippen LogP contribution in [0.5, 0.6) is 0 Å². The maximum atomic E-state index is 12.4. The van der Waals surface area contributed by atoms with E-state index in [1.54, 1.807) is 5.56 Å². The Labute approximate surface area is 190 Å². The minimum absolute atomic E-state index is 0.0629. The first-order valence-corrected chi connectivity index (χ1v) is 12.7. The largest absolute Gasteiger partial charge is 0.460 e. The number of aliphatic hydroxyl groups is 1. The van der Waals surface area contributed by atoms with Gasteiger partial charge >= 0.3 is 5.97 Å². The Kier molecular flexibility index (Phi) is 8.24. The quantitative estimate of drug-likeness (QED) is 0.350. The fourth-order valence-electron chi connectivity index (χ4n) is 5.75. The number of aliphatic hydroxyl groups excluding tert-OH is 1. The molecule has 0 amide bonds. The Hall–Kier alpha value is -1.35. The number of carbonyl (C=O) groups excluding carboxylic acids is 1. The van der Waals surface area contributed by atoms with Crippen LogP contribution in [0.1, 0.15) is 115 Å². The molecule has 3 nitrogen and oxygen atoms in total. The van der Waals surface area contributed by atoms with Crippen molar-refractivity contribution in [1.82, 2.24) is 0 Å². The van der Waals surface area contributed by atoms with Crippen LogP contribution in [0.3, 0.4) is 0 Å². The van der Waals surface area contributed by atoms with Crippen molar-refractivity contribution in [2.24, 2.45) is 11.3 Å². The number of benzene rings is 1. The molecule has 1 N–H and O–H groups in total. The summed E-state index contributed by atoms with van der Waals surface area (Å²) in [7, 11) is 0. The van der Waals surface area contributed by atoms with Crippen molar-refractivity contribution in [3.63, 3.8) is 0 Å².